The Morgan fingerprint density at radius 3 is 2.16 bits per heavy atom. The fourth-order valence-corrected chi connectivity index (χ4v) is 3.77. The highest BCUT2D eigenvalue weighted by atomic mass is 32.2. The fourth-order valence-electron chi connectivity index (χ4n) is 2.10. The third-order valence-electron chi connectivity index (χ3n) is 3.52. The van der Waals surface area contributed by atoms with Crippen molar-refractivity contribution in [2.24, 2.45) is 5.14 Å². The molecular formula is C16H20N2O5S2. The Hall–Kier alpha value is -1.94. The second-order valence-corrected chi connectivity index (χ2v) is 9.11. The number of nitrogens with zero attached hydrogens (tertiary/aromatic N) is 1. The predicted octanol–water partition coefficient (Wildman–Crippen LogP) is 1.34. The van der Waals surface area contributed by atoms with E-state index in [2.05, 4.69) is 0 Å². The number of sulfonamides is 2. The Morgan fingerprint density at radius 2 is 1.60 bits per heavy atom. The molecule has 0 amide bonds. The van der Waals surface area contributed by atoms with Crippen molar-refractivity contribution in [1.29, 1.82) is 0 Å². The van der Waals surface area contributed by atoms with Crippen molar-refractivity contribution in [2.75, 3.05) is 20.2 Å². The van der Waals surface area contributed by atoms with E-state index in [1.54, 1.807) is 6.07 Å². The SMILES string of the molecule is Cc1cccc(OCCN(C)S(=O)(=O)c2ccc(S(N)(=O)=O)cc2)c1. The van der Waals surface area contributed by atoms with Crippen LogP contribution in [0, 0.1) is 6.92 Å². The first-order valence-electron chi connectivity index (χ1n) is 7.39. The van der Waals surface area contributed by atoms with Crippen LogP contribution in [0.15, 0.2) is 58.3 Å². The van der Waals surface area contributed by atoms with Crippen LogP contribution in [0.4, 0.5) is 0 Å². The topological polar surface area (TPSA) is 107 Å². The first-order chi connectivity index (χ1) is 11.6. The zero-order valence-electron chi connectivity index (χ0n) is 13.9. The predicted molar refractivity (Wildman–Crippen MR) is 94.3 cm³/mol. The Bertz CT molecular complexity index is 939. The maximum Gasteiger partial charge on any atom is 0.242 e. The molecular weight excluding hydrogens is 364 g/mol. The van der Waals surface area contributed by atoms with Crippen molar-refractivity contribution in [2.45, 2.75) is 16.7 Å². The number of hydrogen-bond acceptors (Lipinski definition) is 5. The van der Waals surface area contributed by atoms with Crippen LogP contribution in [0.1, 0.15) is 5.56 Å². The smallest absolute Gasteiger partial charge is 0.242 e. The highest BCUT2D eigenvalue weighted by molar-refractivity contribution is 7.89. The molecule has 0 unspecified atom stereocenters. The Balaban J connectivity index is 2.03. The second-order valence-electron chi connectivity index (χ2n) is 5.51. The van der Waals surface area contributed by atoms with Gasteiger partial charge in [-0.25, -0.2) is 22.0 Å². The lowest BCUT2D eigenvalue weighted by Crippen LogP contribution is -2.31. The average Bonchev–Trinajstić information content (AvgIpc) is 2.54. The van der Waals surface area contributed by atoms with E-state index in [0.717, 1.165) is 9.87 Å². The lowest BCUT2D eigenvalue weighted by Gasteiger charge is -2.17. The summed E-state index contributed by atoms with van der Waals surface area (Å²) in [4.78, 5) is -0.158. The van der Waals surface area contributed by atoms with Crippen molar-refractivity contribution < 1.29 is 21.6 Å². The summed E-state index contributed by atoms with van der Waals surface area (Å²) in [5.74, 6) is 0.670. The van der Waals surface area contributed by atoms with Crippen LogP contribution in [-0.4, -0.2) is 41.3 Å². The number of ether oxygens (including phenoxy) is 1. The normalized spacial score (nSPS) is 12.3. The van der Waals surface area contributed by atoms with Crippen molar-refractivity contribution in [3.63, 3.8) is 0 Å². The maximum atomic E-state index is 12.5. The van der Waals surface area contributed by atoms with Crippen LogP contribution in [0.3, 0.4) is 0 Å². The average molecular weight is 384 g/mol. The third-order valence-corrected chi connectivity index (χ3v) is 6.33. The molecule has 25 heavy (non-hydrogen) atoms. The number of primary sulfonamides is 1. The van der Waals surface area contributed by atoms with Crippen molar-refractivity contribution in [1.82, 2.24) is 4.31 Å². The second kappa shape index (κ2) is 7.52. The van der Waals surface area contributed by atoms with Gasteiger partial charge in [-0.3, -0.25) is 0 Å². The van der Waals surface area contributed by atoms with E-state index in [0.29, 0.717) is 5.75 Å². The molecule has 2 aromatic rings. The van der Waals surface area contributed by atoms with Crippen LogP contribution in [0.25, 0.3) is 0 Å². The summed E-state index contributed by atoms with van der Waals surface area (Å²) >= 11 is 0. The van der Waals surface area contributed by atoms with E-state index in [1.165, 1.54) is 31.3 Å². The zero-order chi connectivity index (χ0) is 18.7. The number of hydrogen-bond donors (Lipinski definition) is 1. The molecule has 2 N–H and O–H groups in total. The molecule has 0 saturated heterocycles. The summed E-state index contributed by atoms with van der Waals surface area (Å²) in [5.41, 5.74) is 1.05. The van der Waals surface area contributed by atoms with Crippen LogP contribution in [-0.2, 0) is 20.0 Å². The van der Waals surface area contributed by atoms with E-state index in [4.69, 9.17) is 9.88 Å². The van der Waals surface area contributed by atoms with Crippen LogP contribution in [0.5, 0.6) is 5.75 Å². The summed E-state index contributed by atoms with van der Waals surface area (Å²) in [6, 6.07) is 12.2. The van der Waals surface area contributed by atoms with Gasteiger partial charge in [-0.2, -0.15) is 4.31 Å². The highest BCUT2D eigenvalue weighted by Gasteiger charge is 2.21. The summed E-state index contributed by atoms with van der Waals surface area (Å²) < 4.78 is 54.1. The molecule has 0 fully saturated rings. The van der Waals surface area contributed by atoms with Crippen molar-refractivity contribution in [3.05, 3.63) is 54.1 Å². The first kappa shape index (κ1) is 19.4. The highest BCUT2D eigenvalue weighted by Crippen LogP contribution is 2.17. The summed E-state index contributed by atoms with van der Waals surface area (Å²) in [5, 5.41) is 5.00. The van der Waals surface area contributed by atoms with Gasteiger partial charge < -0.3 is 4.74 Å². The van der Waals surface area contributed by atoms with Gasteiger partial charge in [0.15, 0.2) is 0 Å². The molecule has 0 bridgehead atoms. The molecule has 2 rings (SSSR count). The van der Waals surface area contributed by atoms with E-state index in [-0.39, 0.29) is 22.9 Å². The molecule has 7 nitrogen and oxygen atoms in total. The molecule has 0 atom stereocenters. The minimum atomic E-state index is -3.86. The molecule has 0 aliphatic rings. The number of rotatable bonds is 7. The number of aryl methyl sites for hydroxylation is 1. The first-order valence-corrected chi connectivity index (χ1v) is 10.4. The molecule has 0 aliphatic heterocycles. The Kier molecular flexibility index (Phi) is 5.83. The number of benzene rings is 2. The molecule has 0 spiro atoms. The van der Waals surface area contributed by atoms with Gasteiger partial charge in [0.2, 0.25) is 20.0 Å². The van der Waals surface area contributed by atoms with E-state index in [9.17, 15) is 16.8 Å². The lowest BCUT2D eigenvalue weighted by atomic mass is 10.2. The fraction of sp³-hybridized carbons (Fsp3) is 0.250. The van der Waals surface area contributed by atoms with Gasteiger partial charge >= 0.3 is 0 Å². The molecule has 0 heterocycles. The van der Waals surface area contributed by atoms with Gasteiger partial charge in [-0.15, -0.1) is 0 Å². The molecule has 0 aromatic heterocycles. The van der Waals surface area contributed by atoms with Gasteiger partial charge in [0.1, 0.15) is 12.4 Å². The van der Waals surface area contributed by atoms with Crippen LogP contribution < -0.4 is 9.88 Å². The Morgan fingerprint density at radius 1 is 1.00 bits per heavy atom. The monoisotopic (exact) mass is 384 g/mol. The number of likely N-dealkylation sites (N-methyl/N-ethyl adjacent to an activating group) is 1. The zero-order valence-corrected chi connectivity index (χ0v) is 15.5. The third kappa shape index (κ3) is 5.02. The van der Waals surface area contributed by atoms with Gasteiger partial charge in [0.05, 0.1) is 9.79 Å². The van der Waals surface area contributed by atoms with Gasteiger partial charge in [0, 0.05) is 13.6 Å². The molecule has 0 aliphatic carbocycles. The maximum absolute atomic E-state index is 12.5. The standard InChI is InChI=1S/C16H20N2O5S2/c1-13-4-3-5-14(12-13)23-11-10-18(2)25(21,22)16-8-6-15(7-9-16)24(17,19)20/h3-9,12H,10-11H2,1-2H3,(H2,17,19,20). The summed E-state index contributed by atoms with van der Waals surface area (Å²) in [7, 11) is -6.18. The molecule has 0 radical (unpaired) electrons. The minimum absolute atomic E-state index is 0.0158. The van der Waals surface area contributed by atoms with Gasteiger partial charge in [-0.05, 0) is 48.9 Å². The quantitative estimate of drug-likeness (QED) is 0.775. The molecule has 0 saturated carbocycles. The van der Waals surface area contributed by atoms with E-state index in [1.807, 2.05) is 25.1 Å². The lowest BCUT2D eigenvalue weighted by molar-refractivity contribution is 0.286. The molecule has 2 aromatic carbocycles. The summed E-state index contributed by atoms with van der Waals surface area (Å²) in [6.07, 6.45) is 0. The van der Waals surface area contributed by atoms with Crippen LogP contribution >= 0.6 is 0 Å². The van der Waals surface area contributed by atoms with Gasteiger partial charge in [0.25, 0.3) is 0 Å². The van der Waals surface area contributed by atoms with E-state index >= 15 is 0 Å². The molecule has 136 valence electrons. The Labute approximate surface area is 148 Å². The van der Waals surface area contributed by atoms with E-state index < -0.39 is 20.0 Å². The number of nitrogens with two attached hydrogens (primary N) is 1. The van der Waals surface area contributed by atoms with Crippen LogP contribution in [0.2, 0.25) is 0 Å². The van der Waals surface area contributed by atoms with Crippen molar-refractivity contribution in [3.8, 4) is 5.75 Å². The largest absolute Gasteiger partial charge is 0.492 e. The van der Waals surface area contributed by atoms with Crippen molar-refractivity contribution >= 4 is 20.0 Å². The molecule has 9 heteroatoms. The van der Waals surface area contributed by atoms with Gasteiger partial charge in [-0.1, -0.05) is 12.1 Å². The minimum Gasteiger partial charge on any atom is -0.492 e. The summed E-state index contributed by atoms with van der Waals surface area (Å²) in [6.45, 7) is 2.27.